The molecule has 0 atom stereocenters. The predicted octanol–water partition coefficient (Wildman–Crippen LogP) is 1.09. The minimum atomic E-state index is 0.0793. The zero-order valence-corrected chi connectivity index (χ0v) is 8.07. The number of hydrogen-bond acceptors (Lipinski definition) is 1. The average Bonchev–Trinajstić information content (AvgIpc) is 1.77. The standard InChI is InChI=1S/C7H10INO/c1-9-5(10)6-2-7(8,3-6)4-6/h2-4H2,1H3,(H,9,10). The minimum Gasteiger partial charge on any atom is -0.359 e. The number of nitrogens with one attached hydrogen (secondary N) is 1. The van der Waals surface area contributed by atoms with E-state index in [1.54, 1.807) is 7.05 Å². The van der Waals surface area contributed by atoms with Crippen LogP contribution < -0.4 is 5.32 Å². The van der Waals surface area contributed by atoms with E-state index in [2.05, 4.69) is 27.9 Å². The largest absolute Gasteiger partial charge is 0.359 e. The molecule has 0 aromatic carbocycles. The van der Waals surface area contributed by atoms with Crippen molar-refractivity contribution in [3.63, 3.8) is 0 Å². The summed E-state index contributed by atoms with van der Waals surface area (Å²) in [6.45, 7) is 0. The van der Waals surface area contributed by atoms with Crippen molar-refractivity contribution in [2.75, 3.05) is 7.05 Å². The lowest BCUT2D eigenvalue weighted by molar-refractivity contribution is -0.154. The highest BCUT2D eigenvalue weighted by molar-refractivity contribution is 14.1. The van der Waals surface area contributed by atoms with Crippen molar-refractivity contribution in [1.29, 1.82) is 0 Å². The number of carbonyl (C=O) groups is 1. The summed E-state index contributed by atoms with van der Waals surface area (Å²) >= 11 is 2.47. The fourth-order valence-corrected chi connectivity index (χ4v) is 4.36. The Morgan fingerprint density at radius 3 is 2.30 bits per heavy atom. The van der Waals surface area contributed by atoms with Gasteiger partial charge in [-0.2, -0.15) is 0 Å². The van der Waals surface area contributed by atoms with Crippen molar-refractivity contribution >= 4 is 28.5 Å². The van der Waals surface area contributed by atoms with Crippen molar-refractivity contribution < 1.29 is 4.79 Å². The number of hydrogen-bond donors (Lipinski definition) is 1. The molecule has 0 spiro atoms. The number of amides is 1. The third-order valence-electron chi connectivity index (χ3n) is 2.67. The maximum atomic E-state index is 11.2. The van der Waals surface area contributed by atoms with Crippen LogP contribution in [0.5, 0.6) is 0 Å². The van der Waals surface area contributed by atoms with Gasteiger partial charge in [-0.3, -0.25) is 4.79 Å². The Morgan fingerprint density at radius 1 is 1.50 bits per heavy atom. The monoisotopic (exact) mass is 251 g/mol. The first kappa shape index (κ1) is 6.88. The van der Waals surface area contributed by atoms with E-state index in [9.17, 15) is 4.79 Å². The van der Waals surface area contributed by atoms with E-state index in [1.807, 2.05) is 0 Å². The smallest absolute Gasteiger partial charge is 0.226 e. The summed E-state index contributed by atoms with van der Waals surface area (Å²) in [5, 5.41) is 2.72. The van der Waals surface area contributed by atoms with Gasteiger partial charge in [-0.1, -0.05) is 22.6 Å². The Balaban J connectivity index is 2.04. The van der Waals surface area contributed by atoms with E-state index in [0.29, 0.717) is 3.42 Å². The van der Waals surface area contributed by atoms with Gasteiger partial charge >= 0.3 is 0 Å². The summed E-state index contributed by atoms with van der Waals surface area (Å²) in [7, 11) is 1.72. The lowest BCUT2D eigenvalue weighted by Crippen LogP contribution is -2.68. The zero-order chi connectivity index (χ0) is 7.41. The SMILES string of the molecule is CNC(=O)C12CC(I)(C1)C2. The molecule has 10 heavy (non-hydrogen) atoms. The van der Waals surface area contributed by atoms with Crippen LogP contribution in [-0.4, -0.2) is 16.4 Å². The molecule has 0 aromatic rings. The van der Waals surface area contributed by atoms with Crippen LogP contribution >= 0.6 is 22.6 Å². The first-order valence-corrected chi connectivity index (χ1v) is 4.59. The lowest BCUT2D eigenvalue weighted by atomic mass is 9.44. The molecular formula is C7H10INO. The van der Waals surface area contributed by atoms with E-state index < -0.39 is 0 Å². The van der Waals surface area contributed by atoms with Crippen LogP contribution in [0.4, 0.5) is 0 Å². The third-order valence-corrected chi connectivity index (χ3v) is 3.82. The Morgan fingerprint density at radius 2 is 2.00 bits per heavy atom. The molecule has 3 saturated carbocycles. The lowest BCUT2D eigenvalue weighted by Gasteiger charge is -2.66. The molecule has 3 rings (SSSR count). The van der Waals surface area contributed by atoms with E-state index in [0.717, 1.165) is 19.3 Å². The fourth-order valence-electron chi connectivity index (χ4n) is 2.17. The molecular weight excluding hydrogens is 241 g/mol. The Bertz CT molecular complexity index is 182. The highest BCUT2D eigenvalue weighted by atomic mass is 127. The number of carbonyl (C=O) groups excluding carboxylic acids is 1. The molecule has 0 aliphatic heterocycles. The maximum absolute atomic E-state index is 11.2. The second-order valence-electron chi connectivity index (χ2n) is 3.54. The summed E-state index contributed by atoms with van der Waals surface area (Å²) in [6.07, 6.45) is 3.33. The fraction of sp³-hybridized carbons (Fsp3) is 0.857. The summed E-state index contributed by atoms with van der Waals surface area (Å²) in [5.41, 5.74) is 0.0793. The van der Waals surface area contributed by atoms with Crippen LogP contribution in [0.1, 0.15) is 19.3 Å². The second kappa shape index (κ2) is 1.68. The van der Waals surface area contributed by atoms with Crippen LogP contribution in [0.3, 0.4) is 0 Å². The van der Waals surface area contributed by atoms with E-state index in [4.69, 9.17) is 0 Å². The molecule has 0 saturated heterocycles. The van der Waals surface area contributed by atoms with Gasteiger partial charge in [0.2, 0.25) is 5.91 Å². The molecule has 2 bridgehead atoms. The molecule has 0 heterocycles. The molecule has 0 unspecified atom stereocenters. The van der Waals surface area contributed by atoms with Crippen LogP contribution in [-0.2, 0) is 4.79 Å². The molecule has 0 radical (unpaired) electrons. The van der Waals surface area contributed by atoms with Gasteiger partial charge in [-0.25, -0.2) is 0 Å². The van der Waals surface area contributed by atoms with Crippen molar-refractivity contribution in [3.05, 3.63) is 0 Å². The summed E-state index contributed by atoms with van der Waals surface area (Å²) in [4.78, 5) is 11.2. The normalized spacial score (nSPS) is 49.0. The molecule has 3 aliphatic carbocycles. The molecule has 2 nitrogen and oxygen atoms in total. The van der Waals surface area contributed by atoms with Crippen molar-refractivity contribution in [3.8, 4) is 0 Å². The first-order valence-electron chi connectivity index (χ1n) is 3.51. The quantitative estimate of drug-likeness (QED) is 0.548. The van der Waals surface area contributed by atoms with E-state index >= 15 is 0 Å². The highest BCUT2D eigenvalue weighted by Crippen LogP contribution is 2.71. The number of alkyl halides is 1. The average molecular weight is 251 g/mol. The Labute approximate surface area is 73.9 Å². The number of halogens is 1. The molecule has 3 fully saturated rings. The van der Waals surface area contributed by atoms with Crippen LogP contribution in [0.25, 0.3) is 0 Å². The van der Waals surface area contributed by atoms with Gasteiger partial charge in [0.25, 0.3) is 0 Å². The van der Waals surface area contributed by atoms with Gasteiger partial charge in [-0.15, -0.1) is 0 Å². The van der Waals surface area contributed by atoms with Crippen LogP contribution in [0, 0.1) is 5.41 Å². The highest BCUT2D eigenvalue weighted by Gasteiger charge is 2.70. The molecule has 1 N–H and O–H groups in total. The molecule has 1 amide bonds. The van der Waals surface area contributed by atoms with Gasteiger partial charge < -0.3 is 5.32 Å². The van der Waals surface area contributed by atoms with Gasteiger partial charge in [0, 0.05) is 10.5 Å². The van der Waals surface area contributed by atoms with Gasteiger partial charge in [0.1, 0.15) is 0 Å². The summed E-state index contributed by atoms with van der Waals surface area (Å²) in [6, 6.07) is 0. The van der Waals surface area contributed by atoms with Crippen molar-refractivity contribution in [2.24, 2.45) is 5.41 Å². The van der Waals surface area contributed by atoms with Gasteiger partial charge in [0.05, 0.1) is 5.41 Å². The molecule has 3 aliphatic rings. The summed E-state index contributed by atoms with van der Waals surface area (Å²) < 4.78 is 0.518. The van der Waals surface area contributed by atoms with Crippen molar-refractivity contribution in [2.45, 2.75) is 22.7 Å². The number of rotatable bonds is 1. The predicted molar refractivity (Wildman–Crippen MR) is 47.1 cm³/mol. The maximum Gasteiger partial charge on any atom is 0.226 e. The van der Waals surface area contributed by atoms with Gasteiger partial charge in [-0.05, 0) is 19.3 Å². The first-order chi connectivity index (χ1) is 4.60. The van der Waals surface area contributed by atoms with Crippen molar-refractivity contribution in [1.82, 2.24) is 5.32 Å². The molecule has 56 valence electrons. The van der Waals surface area contributed by atoms with Crippen LogP contribution in [0.2, 0.25) is 0 Å². The van der Waals surface area contributed by atoms with Crippen LogP contribution in [0.15, 0.2) is 0 Å². The zero-order valence-electron chi connectivity index (χ0n) is 5.91. The minimum absolute atomic E-state index is 0.0793. The Hall–Kier alpha value is 0.200. The second-order valence-corrected chi connectivity index (χ2v) is 5.83. The molecule has 0 aromatic heterocycles. The van der Waals surface area contributed by atoms with E-state index in [-0.39, 0.29) is 11.3 Å². The topological polar surface area (TPSA) is 29.1 Å². The molecule has 3 heteroatoms. The Kier molecular flexibility index (Phi) is 1.15. The third kappa shape index (κ3) is 0.619. The van der Waals surface area contributed by atoms with Gasteiger partial charge in [0.15, 0.2) is 0 Å². The summed E-state index contributed by atoms with van der Waals surface area (Å²) in [5.74, 6) is 0.256. The van der Waals surface area contributed by atoms with E-state index in [1.165, 1.54) is 0 Å².